The molecule has 1 atom stereocenters. The number of alkyl halides is 1. The first-order valence-electron chi connectivity index (χ1n) is 6.06. The maximum atomic E-state index is 11.8. The number of amides is 1. The number of carbonyl (C=O) groups excluding carboxylic acids is 1. The maximum Gasteiger partial charge on any atom is 0.251 e. The minimum atomic E-state index is -0.0561. The second-order valence-corrected chi connectivity index (χ2v) is 5.11. The van der Waals surface area contributed by atoms with Crippen LogP contribution in [0, 0.1) is 0 Å². The summed E-state index contributed by atoms with van der Waals surface area (Å²) in [5, 5.41) is 2.84. The summed E-state index contributed by atoms with van der Waals surface area (Å²) in [6, 6.07) is 7.72. The van der Waals surface area contributed by atoms with Gasteiger partial charge in [-0.2, -0.15) is 0 Å². The standard InChI is InChI=1S/C14H20ClNO/c1-4-13(15)9-16-14(17)12-7-5-11(6-8-12)10(2)3/h5-8,10,13H,4,9H2,1-3H3,(H,16,17). The van der Waals surface area contributed by atoms with Gasteiger partial charge in [-0.15, -0.1) is 11.6 Å². The van der Waals surface area contributed by atoms with Crippen LogP contribution in [0.1, 0.15) is 49.0 Å². The molecule has 1 aromatic carbocycles. The fourth-order valence-electron chi connectivity index (χ4n) is 1.47. The minimum absolute atomic E-state index is 0.00823. The number of rotatable bonds is 5. The summed E-state index contributed by atoms with van der Waals surface area (Å²) in [5.41, 5.74) is 1.93. The van der Waals surface area contributed by atoms with Crippen LogP contribution in [0.15, 0.2) is 24.3 Å². The van der Waals surface area contributed by atoms with Crippen LogP contribution in [0.5, 0.6) is 0 Å². The largest absolute Gasteiger partial charge is 0.351 e. The second kappa shape index (κ2) is 6.65. The SMILES string of the molecule is CCC(Cl)CNC(=O)c1ccc(C(C)C)cc1. The second-order valence-electron chi connectivity index (χ2n) is 4.49. The van der Waals surface area contributed by atoms with Crippen molar-refractivity contribution >= 4 is 17.5 Å². The first kappa shape index (κ1) is 14.0. The third-order valence-electron chi connectivity index (χ3n) is 2.77. The van der Waals surface area contributed by atoms with Gasteiger partial charge in [0.15, 0.2) is 0 Å². The minimum Gasteiger partial charge on any atom is -0.351 e. The molecule has 2 nitrogen and oxygen atoms in total. The van der Waals surface area contributed by atoms with Gasteiger partial charge in [-0.3, -0.25) is 4.79 Å². The molecular formula is C14H20ClNO. The Hall–Kier alpha value is -1.02. The fraction of sp³-hybridized carbons (Fsp3) is 0.500. The number of carbonyl (C=O) groups is 1. The van der Waals surface area contributed by atoms with Gasteiger partial charge >= 0.3 is 0 Å². The van der Waals surface area contributed by atoms with E-state index in [0.717, 1.165) is 6.42 Å². The summed E-state index contributed by atoms with van der Waals surface area (Å²) in [5.74, 6) is 0.429. The molecule has 0 saturated heterocycles. The highest BCUT2D eigenvalue weighted by atomic mass is 35.5. The van der Waals surface area contributed by atoms with Crippen molar-refractivity contribution in [3.05, 3.63) is 35.4 Å². The highest BCUT2D eigenvalue weighted by molar-refractivity contribution is 6.20. The van der Waals surface area contributed by atoms with Crippen LogP contribution in [0.3, 0.4) is 0 Å². The quantitative estimate of drug-likeness (QED) is 0.799. The Morgan fingerprint density at radius 2 is 1.88 bits per heavy atom. The molecule has 17 heavy (non-hydrogen) atoms. The molecule has 1 rings (SSSR count). The van der Waals surface area contributed by atoms with E-state index < -0.39 is 0 Å². The Morgan fingerprint density at radius 3 is 2.35 bits per heavy atom. The topological polar surface area (TPSA) is 29.1 Å². The number of benzene rings is 1. The van der Waals surface area contributed by atoms with Crippen LogP contribution in [0.2, 0.25) is 0 Å². The third-order valence-corrected chi connectivity index (χ3v) is 3.23. The highest BCUT2D eigenvalue weighted by Gasteiger charge is 2.08. The lowest BCUT2D eigenvalue weighted by Crippen LogP contribution is -2.29. The van der Waals surface area contributed by atoms with Crippen LogP contribution >= 0.6 is 11.6 Å². The van der Waals surface area contributed by atoms with Gasteiger partial charge in [0.2, 0.25) is 0 Å². The van der Waals surface area contributed by atoms with Gasteiger partial charge in [0.25, 0.3) is 5.91 Å². The molecule has 94 valence electrons. The molecule has 0 aliphatic rings. The highest BCUT2D eigenvalue weighted by Crippen LogP contribution is 2.14. The molecule has 3 heteroatoms. The molecule has 1 amide bonds. The molecule has 0 aliphatic heterocycles. The Morgan fingerprint density at radius 1 is 1.29 bits per heavy atom. The van der Waals surface area contributed by atoms with E-state index in [2.05, 4.69) is 19.2 Å². The van der Waals surface area contributed by atoms with Gasteiger partial charge in [-0.25, -0.2) is 0 Å². The molecular weight excluding hydrogens is 234 g/mol. The normalized spacial score (nSPS) is 12.5. The van der Waals surface area contributed by atoms with Crippen LogP contribution in [-0.2, 0) is 0 Å². The Kier molecular flexibility index (Phi) is 5.49. The van der Waals surface area contributed by atoms with Crippen LogP contribution in [0.25, 0.3) is 0 Å². The molecule has 1 N–H and O–H groups in total. The van der Waals surface area contributed by atoms with E-state index in [9.17, 15) is 4.79 Å². The summed E-state index contributed by atoms with van der Waals surface area (Å²) in [7, 11) is 0. The first-order chi connectivity index (χ1) is 8.04. The number of halogens is 1. The summed E-state index contributed by atoms with van der Waals surface area (Å²) < 4.78 is 0. The number of nitrogens with one attached hydrogen (secondary N) is 1. The molecule has 0 heterocycles. The summed E-state index contributed by atoms with van der Waals surface area (Å²) in [4.78, 5) is 11.8. The molecule has 0 bridgehead atoms. The van der Waals surface area contributed by atoms with Gasteiger partial charge in [0, 0.05) is 12.1 Å². The van der Waals surface area contributed by atoms with Crippen LogP contribution in [-0.4, -0.2) is 17.8 Å². The van der Waals surface area contributed by atoms with Crippen molar-refractivity contribution in [2.24, 2.45) is 0 Å². The fourth-order valence-corrected chi connectivity index (χ4v) is 1.55. The zero-order valence-corrected chi connectivity index (χ0v) is 11.4. The van der Waals surface area contributed by atoms with Crippen molar-refractivity contribution in [1.29, 1.82) is 0 Å². The molecule has 0 saturated carbocycles. The van der Waals surface area contributed by atoms with E-state index >= 15 is 0 Å². The van der Waals surface area contributed by atoms with Crippen molar-refractivity contribution in [2.75, 3.05) is 6.54 Å². The molecule has 1 aromatic rings. The monoisotopic (exact) mass is 253 g/mol. The van der Waals surface area contributed by atoms with Gasteiger partial charge < -0.3 is 5.32 Å². The summed E-state index contributed by atoms with van der Waals surface area (Å²) >= 11 is 5.95. The van der Waals surface area contributed by atoms with Crippen molar-refractivity contribution < 1.29 is 4.79 Å². The Balaban J connectivity index is 2.58. The number of hydrogen-bond donors (Lipinski definition) is 1. The Labute approximate surface area is 108 Å². The van der Waals surface area contributed by atoms with Crippen molar-refractivity contribution in [3.63, 3.8) is 0 Å². The average Bonchev–Trinajstić information content (AvgIpc) is 2.35. The molecule has 0 aliphatic carbocycles. The van der Waals surface area contributed by atoms with E-state index in [1.165, 1.54) is 5.56 Å². The van der Waals surface area contributed by atoms with E-state index in [4.69, 9.17) is 11.6 Å². The van der Waals surface area contributed by atoms with Gasteiger partial charge in [-0.05, 0) is 30.0 Å². The predicted octanol–water partition coefficient (Wildman–Crippen LogP) is 3.56. The zero-order chi connectivity index (χ0) is 12.8. The molecule has 0 spiro atoms. The lowest BCUT2D eigenvalue weighted by atomic mass is 10.0. The lowest BCUT2D eigenvalue weighted by molar-refractivity contribution is 0.0953. The van der Waals surface area contributed by atoms with Crippen molar-refractivity contribution in [2.45, 2.75) is 38.5 Å². The van der Waals surface area contributed by atoms with E-state index in [1.54, 1.807) is 0 Å². The first-order valence-corrected chi connectivity index (χ1v) is 6.50. The van der Waals surface area contributed by atoms with E-state index in [0.29, 0.717) is 18.0 Å². The van der Waals surface area contributed by atoms with E-state index in [-0.39, 0.29) is 11.3 Å². The Bertz CT molecular complexity index is 359. The third kappa shape index (κ3) is 4.39. The number of hydrogen-bond acceptors (Lipinski definition) is 1. The summed E-state index contributed by atoms with van der Waals surface area (Å²) in [6.07, 6.45) is 0.855. The summed E-state index contributed by atoms with van der Waals surface area (Å²) in [6.45, 7) is 6.78. The van der Waals surface area contributed by atoms with Gasteiger partial charge in [0.1, 0.15) is 0 Å². The molecule has 0 fully saturated rings. The van der Waals surface area contributed by atoms with E-state index in [1.807, 2.05) is 31.2 Å². The molecule has 1 unspecified atom stereocenters. The van der Waals surface area contributed by atoms with Crippen LogP contribution < -0.4 is 5.32 Å². The zero-order valence-electron chi connectivity index (χ0n) is 10.7. The predicted molar refractivity (Wildman–Crippen MR) is 72.8 cm³/mol. The molecule has 0 aromatic heterocycles. The van der Waals surface area contributed by atoms with Crippen LogP contribution in [0.4, 0.5) is 0 Å². The molecule has 0 radical (unpaired) electrons. The maximum absolute atomic E-state index is 11.8. The van der Waals surface area contributed by atoms with Gasteiger partial charge in [0.05, 0.1) is 5.38 Å². The lowest BCUT2D eigenvalue weighted by Gasteiger charge is -2.10. The van der Waals surface area contributed by atoms with Crippen molar-refractivity contribution in [3.8, 4) is 0 Å². The average molecular weight is 254 g/mol. The van der Waals surface area contributed by atoms with Gasteiger partial charge in [-0.1, -0.05) is 32.9 Å². The van der Waals surface area contributed by atoms with Crippen molar-refractivity contribution in [1.82, 2.24) is 5.32 Å². The smallest absolute Gasteiger partial charge is 0.251 e.